The van der Waals surface area contributed by atoms with E-state index in [0.717, 1.165) is 19.0 Å². The number of anilines is 1. The van der Waals surface area contributed by atoms with Crippen LogP contribution in [-0.2, 0) is 4.74 Å². The van der Waals surface area contributed by atoms with Crippen LogP contribution in [0, 0.1) is 10.1 Å². The van der Waals surface area contributed by atoms with E-state index in [2.05, 4.69) is 10.3 Å². The molecule has 8 heteroatoms. The summed E-state index contributed by atoms with van der Waals surface area (Å²) in [6.45, 7) is 2.59. The molecule has 8 nitrogen and oxygen atoms in total. The minimum Gasteiger partial charge on any atom is -0.477 e. The van der Waals surface area contributed by atoms with Crippen molar-refractivity contribution in [3.05, 3.63) is 27.9 Å². The first-order chi connectivity index (χ1) is 9.51. The first kappa shape index (κ1) is 14.2. The number of carbonyl (C=O) groups is 1. The second kappa shape index (κ2) is 5.83. The molecule has 0 spiro atoms. The largest absolute Gasteiger partial charge is 0.477 e. The highest BCUT2D eigenvalue weighted by molar-refractivity contribution is 5.93. The molecular formula is C12H15N3O5. The summed E-state index contributed by atoms with van der Waals surface area (Å²) in [4.78, 5) is 24.8. The minimum atomic E-state index is -1.34. The lowest BCUT2D eigenvalue weighted by Gasteiger charge is -2.35. The molecule has 1 saturated carbocycles. The molecule has 0 atom stereocenters. The molecule has 20 heavy (non-hydrogen) atoms. The highest BCUT2D eigenvalue weighted by Gasteiger charge is 2.30. The number of hydrogen-bond donors (Lipinski definition) is 2. The van der Waals surface area contributed by atoms with Gasteiger partial charge in [-0.3, -0.25) is 10.1 Å². The van der Waals surface area contributed by atoms with Crippen LogP contribution in [0.15, 0.2) is 12.3 Å². The van der Waals surface area contributed by atoms with Crippen LogP contribution in [0.5, 0.6) is 0 Å². The molecular weight excluding hydrogens is 266 g/mol. The Morgan fingerprint density at radius 2 is 2.35 bits per heavy atom. The van der Waals surface area contributed by atoms with Crippen molar-refractivity contribution < 1.29 is 19.6 Å². The summed E-state index contributed by atoms with van der Waals surface area (Å²) in [5, 5.41) is 22.7. The SMILES string of the molecule is CCOC1CC(Nc2cc(C(=O)O)c([N+](=O)[O-])cn2)C1. The average Bonchev–Trinajstić information content (AvgIpc) is 2.35. The lowest BCUT2D eigenvalue weighted by atomic mass is 9.89. The highest BCUT2D eigenvalue weighted by Crippen LogP contribution is 2.27. The molecule has 1 aliphatic rings. The molecule has 0 aliphatic heterocycles. The molecule has 1 aromatic heterocycles. The van der Waals surface area contributed by atoms with E-state index in [-0.39, 0.29) is 17.7 Å². The molecule has 0 aromatic carbocycles. The third-order valence-corrected chi connectivity index (χ3v) is 3.16. The quantitative estimate of drug-likeness (QED) is 0.602. The van der Waals surface area contributed by atoms with Gasteiger partial charge in [0, 0.05) is 18.7 Å². The maximum absolute atomic E-state index is 11.0. The normalized spacial score (nSPS) is 21.1. The molecule has 0 amide bonds. The molecule has 0 radical (unpaired) electrons. The van der Waals surface area contributed by atoms with Crippen LogP contribution >= 0.6 is 0 Å². The van der Waals surface area contributed by atoms with E-state index >= 15 is 0 Å². The van der Waals surface area contributed by atoms with Crippen molar-refractivity contribution in [2.75, 3.05) is 11.9 Å². The molecule has 1 heterocycles. The summed E-state index contributed by atoms with van der Waals surface area (Å²) in [6.07, 6.45) is 2.81. The summed E-state index contributed by atoms with van der Waals surface area (Å²) in [7, 11) is 0. The summed E-state index contributed by atoms with van der Waals surface area (Å²) >= 11 is 0. The number of hydrogen-bond acceptors (Lipinski definition) is 6. The monoisotopic (exact) mass is 281 g/mol. The number of aromatic nitrogens is 1. The van der Waals surface area contributed by atoms with E-state index in [4.69, 9.17) is 9.84 Å². The number of ether oxygens (including phenoxy) is 1. The molecule has 1 aliphatic carbocycles. The zero-order chi connectivity index (χ0) is 14.7. The van der Waals surface area contributed by atoms with Crippen molar-refractivity contribution in [3.63, 3.8) is 0 Å². The smallest absolute Gasteiger partial charge is 0.342 e. The Labute approximate surface area is 114 Å². The van der Waals surface area contributed by atoms with Crippen LogP contribution in [0.2, 0.25) is 0 Å². The molecule has 108 valence electrons. The van der Waals surface area contributed by atoms with E-state index in [1.165, 1.54) is 6.07 Å². The predicted octanol–water partition coefficient (Wildman–Crippen LogP) is 1.67. The maximum atomic E-state index is 11.0. The van der Waals surface area contributed by atoms with Crippen molar-refractivity contribution in [1.82, 2.24) is 4.98 Å². The van der Waals surface area contributed by atoms with E-state index in [1.54, 1.807) is 0 Å². The van der Waals surface area contributed by atoms with E-state index in [9.17, 15) is 14.9 Å². The highest BCUT2D eigenvalue weighted by atomic mass is 16.6. The van der Waals surface area contributed by atoms with Crippen LogP contribution in [0.4, 0.5) is 11.5 Å². The fourth-order valence-electron chi connectivity index (χ4n) is 2.11. The second-order valence-electron chi connectivity index (χ2n) is 4.54. The van der Waals surface area contributed by atoms with Crippen LogP contribution < -0.4 is 5.32 Å². The van der Waals surface area contributed by atoms with Crippen molar-refractivity contribution in [3.8, 4) is 0 Å². The zero-order valence-corrected chi connectivity index (χ0v) is 10.9. The van der Waals surface area contributed by atoms with Gasteiger partial charge < -0.3 is 15.2 Å². The Hall–Kier alpha value is -2.22. The second-order valence-corrected chi connectivity index (χ2v) is 4.54. The lowest BCUT2D eigenvalue weighted by molar-refractivity contribution is -0.385. The first-order valence-corrected chi connectivity index (χ1v) is 6.27. The minimum absolute atomic E-state index is 0.155. The Morgan fingerprint density at radius 1 is 1.65 bits per heavy atom. The number of rotatable bonds is 6. The van der Waals surface area contributed by atoms with Crippen LogP contribution in [0.25, 0.3) is 0 Å². The Bertz CT molecular complexity index is 528. The number of nitrogens with one attached hydrogen (secondary N) is 1. The van der Waals surface area contributed by atoms with Gasteiger partial charge in [0.2, 0.25) is 0 Å². The Balaban J connectivity index is 2.05. The fourth-order valence-corrected chi connectivity index (χ4v) is 2.11. The van der Waals surface area contributed by atoms with Gasteiger partial charge in [-0.1, -0.05) is 0 Å². The number of pyridine rings is 1. The van der Waals surface area contributed by atoms with Gasteiger partial charge in [-0.25, -0.2) is 9.78 Å². The fraction of sp³-hybridized carbons (Fsp3) is 0.500. The number of carboxylic acids is 1. The molecule has 0 saturated heterocycles. The number of aromatic carboxylic acids is 1. The van der Waals surface area contributed by atoms with Gasteiger partial charge in [0.05, 0.1) is 11.0 Å². The molecule has 1 aromatic rings. The Kier molecular flexibility index (Phi) is 4.14. The maximum Gasteiger partial charge on any atom is 0.342 e. The van der Waals surface area contributed by atoms with Crippen LogP contribution in [-0.4, -0.2) is 39.7 Å². The van der Waals surface area contributed by atoms with Crippen molar-refractivity contribution >= 4 is 17.5 Å². The summed E-state index contributed by atoms with van der Waals surface area (Å²) < 4.78 is 5.41. The number of nitro groups is 1. The lowest BCUT2D eigenvalue weighted by Crippen LogP contribution is -2.41. The van der Waals surface area contributed by atoms with E-state index < -0.39 is 16.6 Å². The number of nitrogens with zero attached hydrogens (tertiary/aromatic N) is 2. The predicted molar refractivity (Wildman–Crippen MR) is 69.9 cm³/mol. The Morgan fingerprint density at radius 3 is 2.90 bits per heavy atom. The van der Waals surface area contributed by atoms with Crippen molar-refractivity contribution in [1.29, 1.82) is 0 Å². The van der Waals surface area contributed by atoms with Gasteiger partial charge in [-0.15, -0.1) is 0 Å². The number of carboxylic acid groups (broad SMARTS) is 1. The molecule has 2 rings (SSSR count). The first-order valence-electron chi connectivity index (χ1n) is 6.27. The van der Waals surface area contributed by atoms with Crippen molar-refractivity contribution in [2.45, 2.75) is 31.9 Å². The van der Waals surface area contributed by atoms with E-state index in [0.29, 0.717) is 12.4 Å². The standard InChI is InChI=1S/C12H15N3O5/c1-2-20-8-3-7(4-8)14-11-5-9(12(16)17)10(6-13-11)15(18)19/h5-8H,2-4H2,1H3,(H,13,14)(H,16,17). The van der Waals surface area contributed by atoms with Crippen molar-refractivity contribution in [2.24, 2.45) is 0 Å². The van der Waals surface area contributed by atoms with Gasteiger partial charge >= 0.3 is 11.7 Å². The third kappa shape index (κ3) is 3.02. The van der Waals surface area contributed by atoms with Gasteiger partial charge in [-0.2, -0.15) is 0 Å². The summed E-state index contributed by atoms with van der Waals surface area (Å²) in [6, 6.07) is 1.34. The average molecular weight is 281 g/mol. The van der Waals surface area contributed by atoms with E-state index in [1.807, 2.05) is 6.92 Å². The van der Waals surface area contributed by atoms with Gasteiger partial charge in [-0.05, 0) is 19.8 Å². The van der Waals surface area contributed by atoms with Crippen LogP contribution in [0.3, 0.4) is 0 Å². The molecule has 0 bridgehead atoms. The molecule has 2 N–H and O–H groups in total. The topological polar surface area (TPSA) is 115 Å². The molecule has 0 unspecified atom stereocenters. The van der Waals surface area contributed by atoms with Gasteiger partial charge in [0.25, 0.3) is 0 Å². The summed E-state index contributed by atoms with van der Waals surface area (Å²) in [5.41, 5.74) is -0.878. The van der Waals surface area contributed by atoms with Crippen LogP contribution in [0.1, 0.15) is 30.1 Å². The van der Waals surface area contributed by atoms with Gasteiger partial charge in [0.15, 0.2) is 0 Å². The third-order valence-electron chi connectivity index (χ3n) is 3.16. The zero-order valence-electron chi connectivity index (χ0n) is 10.9. The summed E-state index contributed by atoms with van der Waals surface area (Å²) in [5.74, 6) is -1.02. The van der Waals surface area contributed by atoms with Gasteiger partial charge in [0.1, 0.15) is 17.6 Å². The molecule has 1 fully saturated rings.